The maximum atomic E-state index is 13.3. The van der Waals surface area contributed by atoms with Gasteiger partial charge in [-0.3, -0.25) is 4.90 Å². The Labute approximate surface area is 253 Å². The lowest BCUT2D eigenvalue weighted by Crippen LogP contribution is -2.40. The van der Waals surface area contributed by atoms with Gasteiger partial charge in [-0.25, -0.2) is 19.4 Å². The number of aryl methyl sites for hydroxylation is 1. The minimum absolute atomic E-state index is 0.0436. The number of anilines is 1. The number of fused-ring (bicyclic) bond motifs is 1. The van der Waals surface area contributed by atoms with Crippen molar-refractivity contribution in [3.63, 3.8) is 0 Å². The highest BCUT2D eigenvalue weighted by atomic mass is 16.5. The van der Waals surface area contributed by atoms with Gasteiger partial charge in [0.25, 0.3) is 0 Å². The molecule has 1 aliphatic heterocycles. The molecule has 44 heavy (non-hydrogen) atoms. The Bertz CT molecular complexity index is 1910. The summed E-state index contributed by atoms with van der Waals surface area (Å²) in [6, 6.07) is 24.5. The molecule has 0 amide bonds. The van der Waals surface area contributed by atoms with Crippen LogP contribution in [-0.2, 0) is 25.5 Å². The Morgan fingerprint density at radius 3 is 2.25 bits per heavy atom. The molecule has 10 heteroatoms. The van der Waals surface area contributed by atoms with Gasteiger partial charge in [0, 0.05) is 16.6 Å². The van der Waals surface area contributed by atoms with Crippen LogP contribution in [0, 0.1) is 11.3 Å². The molecule has 3 aromatic carbocycles. The second-order valence-corrected chi connectivity index (χ2v) is 9.95. The largest absolute Gasteiger partial charge is 0.478 e. The summed E-state index contributed by atoms with van der Waals surface area (Å²) in [5, 5.41) is 20.7. The van der Waals surface area contributed by atoms with E-state index in [1.54, 1.807) is 60.7 Å². The second kappa shape index (κ2) is 12.1. The van der Waals surface area contributed by atoms with Crippen LogP contribution in [0.4, 0.5) is 5.69 Å². The van der Waals surface area contributed by atoms with Gasteiger partial charge in [0.2, 0.25) is 0 Å². The Morgan fingerprint density at radius 1 is 0.977 bits per heavy atom. The van der Waals surface area contributed by atoms with E-state index in [2.05, 4.69) is 6.07 Å². The molecule has 0 saturated carbocycles. The number of benzene rings is 3. The summed E-state index contributed by atoms with van der Waals surface area (Å²) in [4.78, 5) is 44.7. The van der Waals surface area contributed by atoms with E-state index in [1.807, 2.05) is 19.1 Å². The molecule has 0 bridgehead atoms. The molecule has 0 radical (unpaired) electrons. The first-order valence-corrected chi connectivity index (χ1v) is 13.7. The number of rotatable bonds is 7. The number of aromatic nitrogens is 1. The van der Waals surface area contributed by atoms with Crippen molar-refractivity contribution >= 4 is 34.5 Å². The predicted molar refractivity (Wildman–Crippen MR) is 163 cm³/mol. The van der Waals surface area contributed by atoms with Crippen molar-refractivity contribution in [2.75, 3.05) is 19.1 Å². The normalized spacial score (nSPS) is 14.8. The highest BCUT2D eigenvalue weighted by Gasteiger charge is 2.43. The molecular weight excluding hydrogens is 560 g/mol. The Balaban J connectivity index is 1.67. The zero-order valence-corrected chi connectivity index (χ0v) is 24.2. The molecule has 1 aromatic heterocycles. The molecule has 5 rings (SSSR count). The van der Waals surface area contributed by atoms with Crippen molar-refractivity contribution < 1.29 is 29.0 Å². The van der Waals surface area contributed by atoms with E-state index in [9.17, 15) is 24.8 Å². The summed E-state index contributed by atoms with van der Waals surface area (Å²) < 4.78 is 10.2. The maximum absolute atomic E-state index is 13.3. The van der Waals surface area contributed by atoms with Gasteiger partial charge >= 0.3 is 17.9 Å². The SMILES string of the molecule is CCc1ccc2nc(-c3ccc(N4C(N)=C(C#N)C(c5ccccc5)C(C(=O)OC)=C4C(=O)OC)cc3)cc(C(=O)O)c2c1. The highest BCUT2D eigenvalue weighted by Crippen LogP contribution is 2.43. The lowest BCUT2D eigenvalue weighted by atomic mass is 9.81. The van der Waals surface area contributed by atoms with Crippen molar-refractivity contribution in [2.45, 2.75) is 19.3 Å². The topological polar surface area (TPSA) is 156 Å². The molecule has 0 saturated heterocycles. The molecule has 0 aliphatic carbocycles. The Kier molecular flexibility index (Phi) is 8.13. The summed E-state index contributed by atoms with van der Waals surface area (Å²) in [5.74, 6) is -3.80. The average Bonchev–Trinajstić information content (AvgIpc) is 3.06. The number of ether oxygens (including phenoxy) is 2. The highest BCUT2D eigenvalue weighted by molar-refractivity contribution is 6.07. The number of carboxylic acid groups (broad SMARTS) is 1. The molecule has 10 nitrogen and oxygen atoms in total. The number of nitrogens with zero attached hydrogens (tertiary/aromatic N) is 3. The zero-order chi connectivity index (χ0) is 31.5. The predicted octanol–water partition coefficient (Wildman–Crippen LogP) is 5.06. The van der Waals surface area contributed by atoms with Gasteiger partial charge in [0.05, 0.1) is 54.1 Å². The average molecular weight is 589 g/mol. The smallest absolute Gasteiger partial charge is 0.355 e. The molecule has 3 N–H and O–H groups in total. The van der Waals surface area contributed by atoms with Crippen LogP contribution < -0.4 is 10.6 Å². The van der Waals surface area contributed by atoms with E-state index in [-0.39, 0.29) is 28.2 Å². The Hall–Kier alpha value is -5.95. The molecule has 1 unspecified atom stereocenters. The number of carbonyl (C=O) groups is 3. The number of nitriles is 1. The number of carboxylic acids is 1. The number of methoxy groups -OCH3 is 2. The fraction of sp³-hybridized carbons (Fsp3) is 0.147. The van der Waals surface area contributed by atoms with Crippen molar-refractivity contribution in [1.82, 2.24) is 4.98 Å². The lowest BCUT2D eigenvalue weighted by molar-refractivity contribution is -0.139. The third-order valence-electron chi connectivity index (χ3n) is 7.54. The molecule has 4 aromatic rings. The third-order valence-corrected chi connectivity index (χ3v) is 7.54. The van der Waals surface area contributed by atoms with E-state index >= 15 is 0 Å². The van der Waals surface area contributed by atoms with Crippen molar-refractivity contribution in [1.29, 1.82) is 5.26 Å². The number of nitrogens with two attached hydrogens (primary N) is 1. The van der Waals surface area contributed by atoms with E-state index in [4.69, 9.17) is 20.2 Å². The van der Waals surface area contributed by atoms with Gasteiger partial charge in [-0.1, -0.05) is 55.5 Å². The van der Waals surface area contributed by atoms with Crippen LogP contribution in [0.15, 0.2) is 102 Å². The number of carbonyl (C=O) groups excluding carboxylic acids is 2. The zero-order valence-electron chi connectivity index (χ0n) is 24.2. The second-order valence-electron chi connectivity index (χ2n) is 9.95. The summed E-state index contributed by atoms with van der Waals surface area (Å²) in [7, 11) is 2.36. The first-order valence-electron chi connectivity index (χ1n) is 13.7. The molecular formula is C34H28N4O6. The van der Waals surface area contributed by atoms with Crippen LogP contribution in [0.3, 0.4) is 0 Å². The Morgan fingerprint density at radius 2 is 1.66 bits per heavy atom. The van der Waals surface area contributed by atoms with E-state index < -0.39 is 23.8 Å². The molecule has 2 heterocycles. The number of pyridine rings is 1. The summed E-state index contributed by atoms with van der Waals surface area (Å²) in [5.41, 5.74) is 9.91. The standard InChI is InChI=1S/C34H28N4O6/c1-4-19-10-15-26-23(16-19)24(32(39)40)17-27(37-26)20-11-13-22(14-12-20)38-30(34(42)44-3)29(33(41)43-2)28(25(18-35)31(38)36)21-8-6-5-7-9-21/h5-17,28H,4,36H2,1-3H3,(H,39,40). The van der Waals surface area contributed by atoms with Crippen LogP contribution in [0.2, 0.25) is 0 Å². The minimum atomic E-state index is -1.07. The van der Waals surface area contributed by atoms with Gasteiger partial charge in [-0.15, -0.1) is 0 Å². The van der Waals surface area contributed by atoms with Gasteiger partial charge in [0.1, 0.15) is 11.5 Å². The number of allylic oxidation sites excluding steroid dienone is 1. The first-order chi connectivity index (χ1) is 21.2. The number of aromatic carboxylic acids is 1. The first kappa shape index (κ1) is 29.5. The van der Waals surface area contributed by atoms with Crippen molar-refractivity contribution in [2.24, 2.45) is 5.73 Å². The molecule has 0 fully saturated rings. The van der Waals surface area contributed by atoms with Crippen LogP contribution in [0.1, 0.15) is 34.3 Å². The van der Waals surface area contributed by atoms with Crippen LogP contribution in [-0.4, -0.2) is 42.2 Å². The number of hydrogen-bond acceptors (Lipinski definition) is 9. The van der Waals surface area contributed by atoms with Crippen molar-refractivity contribution in [3.05, 3.63) is 118 Å². The monoisotopic (exact) mass is 588 g/mol. The minimum Gasteiger partial charge on any atom is -0.478 e. The van der Waals surface area contributed by atoms with E-state index in [1.165, 1.54) is 25.2 Å². The van der Waals surface area contributed by atoms with Crippen LogP contribution in [0.5, 0.6) is 0 Å². The fourth-order valence-corrected chi connectivity index (χ4v) is 5.38. The van der Waals surface area contributed by atoms with Gasteiger partial charge in [-0.05, 0) is 47.9 Å². The maximum Gasteiger partial charge on any atom is 0.355 e. The van der Waals surface area contributed by atoms with Gasteiger partial charge < -0.3 is 20.3 Å². The van der Waals surface area contributed by atoms with Crippen molar-refractivity contribution in [3.8, 4) is 17.3 Å². The summed E-state index contributed by atoms with van der Waals surface area (Å²) >= 11 is 0. The summed E-state index contributed by atoms with van der Waals surface area (Å²) in [6.07, 6.45) is 0.756. The number of esters is 2. The molecule has 220 valence electrons. The number of hydrogen-bond donors (Lipinski definition) is 2. The van der Waals surface area contributed by atoms with E-state index in [0.29, 0.717) is 33.4 Å². The third kappa shape index (κ3) is 5.12. The molecule has 1 aliphatic rings. The van der Waals surface area contributed by atoms with Gasteiger partial charge in [0.15, 0.2) is 0 Å². The van der Waals surface area contributed by atoms with Crippen LogP contribution >= 0.6 is 0 Å². The van der Waals surface area contributed by atoms with Crippen LogP contribution in [0.25, 0.3) is 22.2 Å². The quantitative estimate of drug-likeness (QED) is 0.280. The summed E-state index contributed by atoms with van der Waals surface area (Å²) in [6.45, 7) is 1.99. The fourth-order valence-electron chi connectivity index (χ4n) is 5.38. The molecule has 1 atom stereocenters. The van der Waals surface area contributed by atoms with Gasteiger partial charge in [-0.2, -0.15) is 5.26 Å². The van der Waals surface area contributed by atoms with E-state index in [0.717, 1.165) is 12.0 Å². The molecule has 0 spiro atoms. The lowest BCUT2D eigenvalue weighted by Gasteiger charge is -2.35.